The van der Waals surface area contributed by atoms with Gasteiger partial charge < -0.3 is 9.88 Å². The van der Waals surface area contributed by atoms with E-state index in [0.29, 0.717) is 5.69 Å². The van der Waals surface area contributed by atoms with E-state index in [-0.39, 0.29) is 0 Å². The lowest BCUT2D eigenvalue weighted by molar-refractivity contribution is -0.136. The van der Waals surface area contributed by atoms with Gasteiger partial charge in [-0.2, -0.15) is 5.10 Å². The number of carbonyl (C=O) groups is 2. The molecule has 0 spiro atoms. The molecule has 3 rings (SSSR count). The molecule has 2 N–H and O–H groups in total. The molecule has 2 amide bonds. The Morgan fingerprint density at radius 2 is 1.61 bits per heavy atom. The minimum atomic E-state index is -0.825. The van der Waals surface area contributed by atoms with Gasteiger partial charge in [0.05, 0.1) is 6.21 Å². The molecule has 0 fully saturated rings. The molecule has 142 valence electrons. The lowest BCUT2D eigenvalue weighted by Gasteiger charge is -2.09. The smallest absolute Gasteiger partial charge is 0.318 e. The number of nitrogens with one attached hydrogen (secondary N) is 2. The van der Waals surface area contributed by atoms with Gasteiger partial charge in [0.2, 0.25) is 0 Å². The number of aromatic nitrogens is 1. The molecule has 0 aliphatic carbocycles. The van der Waals surface area contributed by atoms with Gasteiger partial charge in [-0.25, -0.2) is 5.43 Å². The van der Waals surface area contributed by atoms with Gasteiger partial charge in [0.25, 0.3) is 0 Å². The van der Waals surface area contributed by atoms with Crippen molar-refractivity contribution in [3.05, 3.63) is 83.2 Å². The van der Waals surface area contributed by atoms with Gasteiger partial charge in [-0.3, -0.25) is 9.59 Å². The van der Waals surface area contributed by atoms with Crippen LogP contribution in [0, 0.1) is 20.8 Å². The molecule has 0 bridgehead atoms. The molecule has 0 atom stereocenters. The lowest BCUT2D eigenvalue weighted by atomic mass is 10.2. The molecule has 1 aromatic heterocycles. The molecule has 0 aliphatic rings. The highest BCUT2D eigenvalue weighted by molar-refractivity contribution is 6.39. The molecule has 0 aliphatic heterocycles. The molecule has 0 radical (unpaired) electrons. The van der Waals surface area contributed by atoms with Crippen LogP contribution in [0.4, 0.5) is 5.69 Å². The van der Waals surface area contributed by atoms with Crippen LogP contribution >= 0.6 is 0 Å². The van der Waals surface area contributed by atoms with Crippen LogP contribution in [0.1, 0.15) is 22.5 Å². The zero-order valence-electron chi connectivity index (χ0n) is 16.1. The van der Waals surface area contributed by atoms with E-state index in [4.69, 9.17) is 0 Å². The van der Waals surface area contributed by atoms with E-state index in [1.807, 2.05) is 69.3 Å². The summed E-state index contributed by atoms with van der Waals surface area (Å²) in [6.07, 6.45) is 1.54. The fraction of sp³-hybridized carbons (Fsp3) is 0.136. The summed E-state index contributed by atoms with van der Waals surface area (Å²) >= 11 is 0. The summed E-state index contributed by atoms with van der Waals surface area (Å²) < 4.78 is 2.10. The second-order valence-electron chi connectivity index (χ2n) is 6.52. The first-order chi connectivity index (χ1) is 13.5. The molecule has 28 heavy (non-hydrogen) atoms. The zero-order chi connectivity index (χ0) is 20.1. The van der Waals surface area contributed by atoms with Crippen LogP contribution in [-0.4, -0.2) is 22.6 Å². The average Bonchev–Trinajstić information content (AvgIpc) is 2.97. The monoisotopic (exact) mass is 374 g/mol. The normalized spacial score (nSPS) is 10.8. The predicted octanol–water partition coefficient (Wildman–Crippen LogP) is 3.49. The maximum Gasteiger partial charge on any atom is 0.329 e. The predicted molar refractivity (Wildman–Crippen MR) is 111 cm³/mol. The molecular weight excluding hydrogens is 352 g/mol. The highest BCUT2D eigenvalue weighted by atomic mass is 16.2. The number of anilines is 1. The molecule has 0 saturated heterocycles. The highest BCUT2D eigenvalue weighted by Gasteiger charge is 2.13. The molecule has 2 aromatic carbocycles. The van der Waals surface area contributed by atoms with E-state index in [1.54, 1.807) is 18.3 Å². The lowest BCUT2D eigenvalue weighted by Crippen LogP contribution is -2.32. The Labute approximate surface area is 163 Å². The van der Waals surface area contributed by atoms with Crippen molar-refractivity contribution >= 4 is 23.7 Å². The van der Waals surface area contributed by atoms with Crippen molar-refractivity contribution in [1.29, 1.82) is 0 Å². The van der Waals surface area contributed by atoms with E-state index < -0.39 is 11.8 Å². The van der Waals surface area contributed by atoms with Crippen molar-refractivity contribution in [3.8, 4) is 5.69 Å². The second-order valence-corrected chi connectivity index (χ2v) is 6.52. The van der Waals surface area contributed by atoms with Gasteiger partial charge in [0, 0.05) is 28.3 Å². The quantitative estimate of drug-likeness (QED) is 0.417. The number of carbonyl (C=O) groups excluding carboxylic acids is 2. The largest absolute Gasteiger partial charge is 0.329 e. The Balaban J connectivity index is 1.65. The Morgan fingerprint density at radius 1 is 0.929 bits per heavy atom. The van der Waals surface area contributed by atoms with E-state index in [1.165, 1.54) is 0 Å². The van der Waals surface area contributed by atoms with Gasteiger partial charge in [0.1, 0.15) is 0 Å². The first kappa shape index (κ1) is 19.1. The summed E-state index contributed by atoms with van der Waals surface area (Å²) in [6, 6.07) is 19.1. The number of aryl methyl sites for hydroxylation is 2. The van der Waals surface area contributed by atoms with E-state index in [9.17, 15) is 9.59 Å². The molecule has 3 aromatic rings. The summed E-state index contributed by atoms with van der Waals surface area (Å²) in [4.78, 5) is 23.9. The highest BCUT2D eigenvalue weighted by Crippen LogP contribution is 2.19. The summed E-state index contributed by atoms with van der Waals surface area (Å²) in [5.41, 5.74) is 7.85. The summed E-state index contributed by atoms with van der Waals surface area (Å²) in [5, 5.41) is 6.46. The Kier molecular flexibility index (Phi) is 5.69. The maximum atomic E-state index is 11.9. The minimum Gasteiger partial charge on any atom is -0.318 e. The van der Waals surface area contributed by atoms with Crippen LogP contribution in [0.5, 0.6) is 0 Å². The third-order valence-corrected chi connectivity index (χ3v) is 4.37. The van der Waals surface area contributed by atoms with Crippen LogP contribution in [0.15, 0.2) is 65.8 Å². The Morgan fingerprint density at radius 3 is 2.29 bits per heavy atom. The number of rotatable bonds is 4. The van der Waals surface area contributed by atoms with Gasteiger partial charge in [0.15, 0.2) is 0 Å². The number of para-hydroxylation sites is 1. The third-order valence-electron chi connectivity index (χ3n) is 4.37. The van der Waals surface area contributed by atoms with Crippen molar-refractivity contribution in [2.75, 3.05) is 5.32 Å². The van der Waals surface area contributed by atoms with Crippen molar-refractivity contribution in [2.24, 2.45) is 5.10 Å². The van der Waals surface area contributed by atoms with Crippen LogP contribution in [0.25, 0.3) is 5.69 Å². The van der Waals surface area contributed by atoms with Crippen LogP contribution in [0.3, 0.4) is 0 Å². The number of benzene rings is 2. The van der Waals surface area contributed by atoms with Crippen molar-refractivity contribution < 1.29 is 9.59 Å². The standard InChI is InChI=1S/C22H22N4O2/c1-15-9-11-19(12-10-15)24-21(27)22(28)25-23-14-18-13-16(2)26(17(18)3)20-7-5-4-6-8-20/h4-14H,1-3H3,(H,24,27)(H,25,28). The van der Waals surface area contributed by atoms with Gasteiger partial charge >= 0.3 is 11.8 Å². The van der Waals surface area contributed by atoms with E-state index in [0.717, 1.165) is 28.2 Å². The van der Waals surface area contributed by atoms with Crippen LogP contribution < -0.4 is 10.7 Å². The molecule has 6 heteroatoms. The Hall–Kier alpha value is -3.67. The summed E-state index contributed by atoms with van der Waals surface area (Å²) in [7, 11) is 0. The minimum absolute atomic E-state index is 0.557. The summed E-state index contributed by atoms with van der Waals surface area (Å²) in [6.45, 7) is 5.93. The molecule has 0 unspecified atom stereocenters. The van der Waals surface area contributed by atoms with Crippen molar-refractivity contribution in [2.45, 2.75) is 20.8 Å². The summed E-state index contributed by atoms with van der Waals surface area (Å²) in [5.74, 6) is -1.59. The number of amides is 2. The third kappa shape index (κ3) is 4.35. The number of hydrogen-bond acceptors (Lipinski definition) is 3. The van der Waals surface area contributed by atoms with Gasteiger partial charge in [-0.1, -0.05) is 35.9 Å². The molecule has 1 heterocycles. The molecule has 6 nitrogen and oxygen atoms in total. The van der Waals surface area contributed by atoms with Crippen molar-refractivity contribution in [1.82, 2.24) is 9.99 Å². The Bertz CT molecular complexity index is 1020. The second kappa shape index (κ2) is 8.35. The first-order valence-corrected chi connectivity index (χ1v) is 8.91. The van der Waals surface area contributed by atoms with E-state index >= 15 is 0 Å². The molecule has 0 saturated carbocycles. The van der Waals surface area contributed by atoms with Gasteiger partial charge in [-0.15, -0.1) is 0 Å². The zero-order valence-corrected chi connectivity index (χ0v) is 16.1. The topological polar surface area (TPSA) is 75.5 Å². The maximum absolute atomic E-state index is 11.9. The SMILES string of the molecule is Cc1ccc(NC(=O)C(=O)NN=Cc2cc(C)n(-c3ccccc3)c2C)cc1. The number of hydrogen-bond donors (Lipinski definition) is 2. The van der Waals surface area contributed by atoms with E-state index in [2.05, 4.69) is 20.4 Å². The molecular formula is C22H22N4O2. The van der Waals surface area contributed by atoms with Crippen molar-refractivity contribution in [3.63, 3.8) is 0 Å². The fourth-order valence-corrected chi connectivity index (χ4v) is 2.93. The first-order valence-electron chi connectivity index (χ1n) is 8.91. The average molecular weight is 374 g/mol. The fourth-order valence-electron chi connectivity index (χ4n) is 2.93. The number of hydrazone groups is 1. The van der Waals surface area contributed by atoms with Gasteiger partial charge in [-0.05, 0) is 51.1 Å². The van der Waals surface area contributed by atoms with Crippen LogP contribution in [0.2, 0.25) is 0 Å². The van der Waals surface area contributed by atoms with Crippen LogP contribution in [-0.2, 0) is 9.59 Å². The number of nitrogens with zero attached hydrogens (tertiary/aromatic N) is 2.